The second-order valence-corrected chi connectivity index (χ2v) is 7.94. The zero-order chi connectivity index (χ0) is 21.7. The summed E-state index contributed by atoms with van der Waals surface area (Å²) in [7, 11) is 3.43. The number of nitrogens with zero attached hydrogens (tertiary/aromatic N) is 2. The summed E-state index contributed by atoms with van der Waals surface area (Å²) < 4.78 is 14.7. The highest BCUT2D eigenvalue weighted by Crippen LogP contribution is 2.39. The predicted molar refractivity (Wildman–Crippen MR) is 126 cm³/mol. The number of imidazole rings is 1. The van der Waals surface area contributed by atoms with Gasteiger partial charge in [0.05, 0.1) is 25.3 Å². The Balaban J connectivity index is 0.00000145. The normalized spacial score (nSPS) is 10.8. The molecule has 5 heteroatoms. The van der Waals surface area contributed by atoms with Crippen molar-refractivity contribution in [1.82, 2.24) is 9.55 Å². The van der Waals surface area contributed by atoms with Crippen LogP contribution in [-0.4, -0.2) is 23.8 Å². The summed E-state index contributed by atoms with van der Waals surface area (Å²) in [5, 5.41) is 0. The Hall–Kier alpha value is -2.01. The van der Waals surface area contributed by atoms with Crippen molar-refractivity contribution < 1.29 is 9.47 Å². The molecule has 0 spiro atoms. The standard InChI is InChI=1S/C22H27BrN2O2.C2H6/c1-7-10-25-21-19(27-6)12-17(23)14(4)20(21)24-22(25)16-9-8-15(13(2)3)11-18(16)26-5;1-2/h8-9,11-13H,7,10H2,1-6H3;1-2H3. The van der Waals surface area contributed by atoms with E-state index in [0.717, 1.165) is 56.9 Å². The molecule has 3 aromatic rings. The van der Waals surface area contributed by atoms with Gasteiger partial charge in [0.15, 0.2) is 0 Å². The van der Waals surface area contributed by atoms with E-state index in [0.29, 0.717) is 5.92 Å². The van der Waals surface area contributed by atoms with E-state index in [-0.39, 0.29) is 0 Å². The molecule has 4 nitrogen and oxygen atoms in total. The fourth-order valence-corrected chi connectivity index (χ4v) is 3.82. The molecule has 0 bridgehead atoms. The minimum atomic E-state index is 0.445. The highest BCUT2D eigenvalue weighted by molar-refractivity contribution is 9.10. The van der Waals surface area contributed by atoms with E-state index in [9.17, 15) is 0 Å². The van der Waals surface area contributed by atoms with Crippen molar-refractivity contribution in [1.29, 1.82) is 0 Å². The van der Waals surface area contributed by atoms with E-state index in [2.05, 4.69) is 66.4 Å². The molecule has 0 aliphatic rings. The number of aryl methyl sites for hydroxylation is 2. The third-order valence-electron chi connectivity index (χ3n) is 4.97. The van der Waals surface area contributed by atoms with Crippen LogP contribution in [0.3, 0.4) is 0 Å². The highest BCUT2D eigenvalue weighted by Gasteiger charge is 2.21. The van der Waals surface area contributed by atoms with E-state index < -0.39 is 0 Å². The van der Waals surface area contributed by atoms with Gasteiger partial charge < -0.3 is 14.0 Å². The van der Waals surface area contributed by atoms with Gasteiger partial charge in [0.25, 0.3) is 0 Å². The molecule has 0 N–H and O–H groups in total. The van der Waals surface area contributed by atoms with Gasteiger partial charge in [-0.15, -0.1) is 0 Å². The quantitative estimate of drug-likeness (QED) is 0.385. The van der Waals surface area contributed by atoms with Crippen LogP contribution in [0.4, 0.5) is 0 Å². The number of methoxy groups -OCH3 is 2. The zero-order valence-electron chi connectivity index (χ0n) is 18.9. The van der Waals surface area contributed by atoms with Crippen LogP contribution in [0.5, 0.6) is 11.5 Å². The molecule has 0 aliphatic carbocycles. The molecule has 0 saturated carbocycles. The van der Waals surface area contributed by atoms with Crippen LogP contribution in [0.1, 0.15) is 58.1 Å². The van der Waals surface area contributed by atoms with E-state index in [4.69, 9.17) is 14.5 Å². The third kappa shape index (κ3) is 4.45. The fourth-order valence-electron chi connectivity index (χ4n) is 3.42. The Labute approximate surface area is 183 Å². The van der Waals surface area contributed by atoms with Crippen LogP contribution < -0.4 is 9.47 Å². The lowest BCUT2D eigenvalue weighted by Crippen LogP contribution is -2.03. The molecule has 0 radical (unpaired) electrons. The summed E-state index contributed by atoms with van der Waals surface area (Å²) in [5.41, 5.74) is 5.36. The SMILES string of the molecule is CC.CCCn1c(-c2ccc(C(C)C)cc2OC)nc2c(C)c(Br)cc(OC)c21. The van der Waals surface area contributed by atoms with E-state index >= 15 is 0 Å². The van der Waals surface area contributed by atoms with Crippen LogP contribution in [-0.2, 0) is 6.54 Å². The summed E-state index contributed by atoms with van der Waals surface area (Å²) in [6, 6.07) is 8.43. The van der Waals surface area contributed by atoms with Crippen LogP contribution in [0.25, 0.3) is 22.4 Å². The second-order valence-electron chi connectivity index (χ2n) is 7.08. The summed E-state index contributed by atoms with van der Waals surface area (Å²) in [6.45, 7) is 13.5. The first-order valence-electron chi connectivity index (χ1n) is 10.3. The van der Waals surface area contributed by atoms with Crippen LogP contribution >= 0.6 is 15.9 Å². The first-order valence-corrected chi connectivity index (χ1v) is 11.1. The number of aromatic nitrogens is 2. The van der Waals surface area contributed by atoms with Gasteiger partial charge in [-0.2, -0.15) is 0 Å². The average molecular weight is 461 g/mol. The maximum absolute atomic E-state index is 5.74. The predicted octanol–water partition coefficient (Wildman–Crippen LogP) is 7.35. The lowest BCUT2D eigenvalue weighted by atomic mass is 10.0. The second kappa shape index (κ2) is 10.1. The molecule has 29 heavy (non-hydrogen) atoms. The van der Waals surface area contributed by atoms with Gasteiger partial charge >= 0.3 is 0 Å². The Morgan fingerprint density at radius 3 is 2.28 bits per heavy atom. The number of halogens is 1. The fraction of sp³-hybridized carbons (Fsp3) is 0.458. The summed E-state index contributed by atoms with van der Waals surface area (Å²) in [6.07, 6.45) is 1.00. The first kappa shape index (κ1) is 23.3. The van der Waals surface area contributed by atoms with Gasteiger partial charge in [-0.1, -0.05) is 56.6 Å². The van der Waals surface area contributed by atoms with E-state index in [1.165, 1.54) is 5.56 Å². The lowest BCUT2D eigenvalue weighted by molar-refractivity contribution is 0.414. The number of fused-ring (bicyclic) bond motifs is 1. The Kier molecular flexibility index (Phi) is 8.14. The van der Waals surface area contributed by atoms with Crippen molar-refractivity contribution in [2.24, 2.45) is 0 Å². The lowest BCUT2D eigenvalue weighted by Gasteiger charge is -2.15. The van der Waals surface area contributed by atoms with Crippen molar-refractivity contribution >= 4 is 27.0 Å². The van der Waals surface area contributed by atoms with Crippen LogP contribution in [0, 0.1) is 6.92 Å². The molecule has 3 rings (SSSR count). The highest BCUT2D eigenvalue weighted by atomic mass is 79.9. The number of benzene rings is 2. The molecule has 1 heterocycles. The smallest absolute Gasteiger partial charge is 0.145 e. The third-order valence-corrected chi connectivity index (χ3v) is 5.80. The van der Waals surface area contributed by atoms with E-state index in [1.54, 1.807) is 14.2 Å². The minimum absolute atomic E-state index is 0.445. The molecular weight excluding hydrogens is 428 g/mol. The molecule has 0 fully saturated rings. The number of rotatable bonds is 6. The van der Waals surface area contributed by atoms with Crippen molar-refractivity contribution in [2.75, 3.05) is 14.2 Å². The number of ether oxygens (including phenoxy) is 2. The molecule has 0 saturated heterocycles. The molecule has 1 aromatic heterocycles. The average Bonchev–Trinajstić information content (AvgIpc) is 3.11. The molecule has 0 amide bonds. The first-order chi connectivity index (χ1) is 13.9. The van der Waals surface area contributed by atoms with E-state index in [1.807, 2.05) is 19.9 Å². The van der Waals surface area contributed by atoms with Crippen molar-refractivity contribution in [2.45, 2.75) is 60.4 Å². The number of hydrogen-bond acceptors (Lipinski definition) is 3. The van der Waals surface area contributed by atoms with Gasteiger partial charge in [0.1, 0.15) is 22.8 Å². The molecule has 0 aliphatic heterocycles. The van der Waals surface area contributed by atoms with Crippen molar-refractivity contribution in [3.05, 3.63) is 39.9 Å². The molecular formula is C24H33BrN2O2. The van der Waals surface area contributed by atoms with Crippen molar-refractivity contribution in [3.8, 4) is 22.9 Å². The zero-order valence-corrected chi connectivity index (χ0v) is 20.5. The summed E-state index contributed by atoms with van der Waals surface area (Å²) in [4.78, 5) is 5.03. The van der Waals surface area contributed by atoms with Gasteiger partial charge in [-0.05, 0) is 48.6 Å². The largest absolute Gasteiger partial charge is 0.496 e. The van der Waals surface area contributed by atoms with Gasteiger partial charge in [0, 0.05) is 11.0 Å². The summed E-state index contributed by atoms with van der Waals surface area (Å²) in [5.74, 6) is 3.04. The minimum Gasteiger partial charge on any atom is -0.496 e. The Morgan fingerprint density at radius 1 is 1.07 bits per heavy atom. The van der Waals surface area contributed by atoms with Crippen molar-refractivity contribution in [3.63, 3.8) is 0 Å². The van der Waals surface area contributed by atoms with Gasteiger partial charge in [0.2, 0.25) is 0 Å². The van der Waals surface area contributed by atoms with Crippen LogP contribution in [0.15, 0.2) is 28.7 Å². The van der Waals surface area contributed by atoms with Crippen LogP contribution in [0.2, 0.25) is 0 Å². The molecule has 158 valence electrons. The Bertz CT molecular complexity index is 977. The monoisotopic (exact) mass is 460 g/mol. The maximum atomic E-state index is 5.74. The molecule has 2 aromatic carbocycles. The summed E-state index contributed by atoms with van der Waals surface area (Å²) >= 11 is 3.64. The Morgan fingerprint density at radius 2 is 1.72 bits per heavy atom. The number of hydrogen-bond donors (Lipinski definition) is 0. The van der Waals surface area contributed by atoms with Gasteiger partial charge in [-0.3, -0.25) is 0 Å². The maximum Gasteiger partial charge on any atom is 0.145 e. The molecule has 0 unspecified atom stereocenters. The van der Waals surface area contributed by atoms with Gasteiger partial charge in [-0.25, -0.2) is 4.98 Å². The molecule has 0 atom stereocenters. The topological polar surface area (TPSA) is 36.3 Å².